The number of likely N-dealkylation sites (tertiary alicyclic amines) is 1. The average Bonchev–Trinajstić information content (AvgIpc) is 3.03. The summed E-state index contributed by atoms with van der Waals surface area (Å²) in [6, 6.07) is 4.19. The maximum absolute atomic E-state index is 12.4. The third-order valence-electron chi connectivity index (χ3n) is 3.95. The molecule has 1 aliphatic rings. The predicted octanol–water partition coefficient (Wildman–Crippen LogP) is 2.94. The monoisotopic (exact) mass is 301 g/mol. The number of carbonyl (C=O) groups is 1. The molecule has 1 amide bonds. The van der Waals surface area contributed by atoms with E-state index in [2.05, 4.69) is 22.1 Å². The van der Waals surface area contributed by atoms with E-state index in [1.54, 1.807) is 5.51 Å². The second-order valence-corrected chi connectivity index (χ2v) is 6.36. The van der Waals surface area contributed by atoms with Crippen molar-refractivity contribution in [3.8, 4) is 0 Å². The maximum atomic E-state index is 12.4. The smallest absolute Gasteiger partial charge is 0.273 e. The molecule has 3 rings (SSSR count). The maximum Gasteiger partial charge on any atom is 0.273 e. The van der Waals surface area contributed by atoms with E-state index in [1.165, 1.54) is 23.3 Å². The molecule has 110 valence electrons. The van der Waals surface area contributed by atoms with Crippen LogP contribution in [0.5, 0.6) is 0 Å². The van der Waals surface area contributed by atoms with Crippen LogP contribution in [0.4, 0.5) is 0 Å². The van der Waals surface area contributed by atoms with Gasteiger partial charge in [-0.3, -0.25) is 9.78 Å². The highest BCUT2D eigenvalue weighted by atomic mass is 32.1. The van der Waals surface area contributed by atoms with Gasteiger partial charge in [0.25, 0.3) is 5.91 Å². The number of hydrogen-bond donors (Lipinski definition) is 0. The van der Waals surface area contributed by atoms with Gasteiger partial charge in [0.05, 0.1) is 5.51 Å². The molecular weight excluding hydrogens is 282 g/mol. The van der Waals surface area contributed by atoms with Gasteiger partial charge in [0.15, 0.2) is 0 Å². The highest BCUT2D eigenvalue weighted by Gasteiger charge is 2.25. The number of hydrogen-bond acceptors (Lipinski definition) is 4. The van der Waals surface area contributed by atoms with Crippen LogP contribution in [0.25, 0.3) is 0 Å². The van der Waals surface area contributed by atoms with E-state index < -0.39 is 0 Å². The largest absolute Gasteiger partial charge is 0.337 e. The lowest BCUT2D eigenvalue weighted by atomic mass is 9.91. The van der Waals surface area contributed by atoms with Gasteiger partial charge in [-0.25, -0.2) is 4.98 Å². The zero-order valence-corrected chi connectivity index (χ0v) is 13.0. The lowest BCUT2D eigenvalue weighted by molar-refractivity contribution is 0.0668. The van der Waals surface area contributed by atoms with Gasteiger partial charge < -0.3 is 4.90 Å². The number of aromatic nitrogens is 2. The van der Waals surface area contributed by atoms with E-state index in [9.17, 15) is 4.79 Å². The Morgan fingerprint density at radius 1 is 1.43 bits per heavy atom. The molecule has 0 N–H and O–H groups in total. The quantitative estimate of drug-likeness (QED) is 0.875. The van der Waals surface area contributed by atoms with Crippen molar-refractivity contribution in [1.29, 1.82) is 0 Å². The minimum Gasteiger partial charge on any atom is -0.337 e. The zero-order chi connectivity index (χ0) is 14.7. The predicted molar refractivity (Wildman–Crippen MR) is 83.4 cm³/mol. The lowest BCUT2D eigenvalue weighted by Crippen LogP contribution is -2.40. The number of thiazole rings is 1. The average molecular weight is 301 g/mol. The van der Waals surface area contributed by atoms with Crippen molar-refractivity contribution < 1.29 is 4.79 Å². The summed E-state index contributed by atoms with van der Waals surface area (Å²) in [5.74, 6) is 0.592. The van der Waals surface area contributed by atoms with Crippen LogP contribution in [0.1, 0.15) is 34.6 Å². The van der Waals surface area contributed by atoms with Crippen molar-refractivity contribution in [2.24, 2.45) is 5.92 Å². The topological polar surface area (TPSA) is 46.1 Å². The van der Waals surface area contributed by atoms with E-state index >= 15 is 0 Å². The second kappa shape index (κ2) is 6.35. The van der Waals surface area contributed by atoms with Gasteiger partial charge in [0.2, 0.25) is 0 Å². The molecule has 1 saturated heterocycles. The van der Waals surface area contributed by atoms with E-state index in [4.69, 9.17) is 0 Å². The summed E-state index contributed by atoms with van der Waals surface area (Å²) in [6.45, 7) is 3.67. The van der Waals surface area contributed by atoms with Gasteiger partial charge in [-0.05, 0) is 43.7 Å². The van der Waals surface area contributed by atoms with Crippen molar-refractivity contribution in [3.63, 3.8) is 0 Å². The molecule has 0 radical (unpaired) electrons. The Morgan fingerprint density at radius 2 is 2.33 bits per heavy atom. The van der Waals surface area contributed by atoms with E-state index in [1.807, 2.05) is 23.4 Å². The summed E-state index contributed by atoms with van der Waals surface area (Å²) in [7, 11) is 0. The fraction of sp³-hybridized carbons (Fsp3) is 0.438. The van der Waals surface area contributed by atoms with Gasteiger partial charge >= 0.3 is 0 Å². The first-order valence-electron chi connectivity index (χ1n) is 7.31. The van der Waals surface area contributed by atoms with Gasteiger partial charge in [0.1, 0.15) is 5.69 Å². The van der Waals surface area contributed by atoms with Crippen molar-refractivity contribution in [3.05, 3.63) is 46.2 Å². The number of pyridine rings is 1. The highest BCUT2D eigenvalue weighted by molar-refractivity contribution is 7.07. The fourth-order valence-corrected chi connectivity index (χ4v) is 3.37. The minimum absolute atomic E-state index is 0.0722. The molecule has 0 saturated carbocycles. The molecule has 0 spiro atoms. The van der Waals surface area contributed by atoms with E-state index in [0.717, 1.165) is 31.6 Å². The number of amides is 1. The van der Waals surface area contributed by atoms with Gasteiger partial charge in [0, 0.05) is 30.4 Å². The van der Waals surface area contributed by atoms with Crippen LogP contribution in [0.3, 0.4) is 0 Å². The molecule has 1 unspecified atom stereocenters. The molecule has 21 heavy (non-hydrogen) atoms. The van der Waals surface area contributed by atoms with Crippen molar-refractivity contribution >= 4 is 17.2 Å². The third kappa shape index (κ3) is 3.47. The first-order valence-corrected chi connectivity index (χ1v) is 8.25. The van der Waals surface area contributed by atoms with Gasteiger partial charge in [-0.1, -0.05) is 6.07 Å². The first kappa shape index (κ1) is 14.2. The Labute approximate surface area is 128 Å². The van der Waals surface area contributed by atoms with Crippen LogP contribution in [0.15, 0.2) is 29.2 Å². The van der Waals surface area contributed by atoms with Crippen LogP contribution < -0.4 is 0 Å². The van der Waals surface area contributed by atoms with Crippen LogP contribution >= 0.6 is 11.3 Å². The molecule has 1 atom stereocenters. The lowest BCUT2D eigenvalue weighted by Gasteiger charge is -2.32. The van der Waals surface area contributed by atoms with Gasteiger partial charge in [-0.2, -0.15) is 0 Å². The molecule has 3 heterocycles. The SMILES string of the molecule is Cc1ccc(CC2CCCN(C(=O)c3cscn3)C2)cn1. The molecule has 1 aliphatic heterocycles. The van der Waals surface area contributed by atoms with E-state index in [0.29, 0.717) is 11.6 Å². The molecule has 0 bridgehead atoms. The standard InChI is InChI=1S/C16H19N3OS/c1-12-4-5-13(8-17-12)7-14-3-2-6-19(9-14)16(20)15-10-21-11-18-15/h4-5,8,10-11,14H,2-3,6-7,9H2,1H3. The third-order valence-corrected chi connectivity index (χ3v) is 4.54. The zero-order valence-electron chi connectivity index (χ0n) is 12.2. The summed E-state index contributed by atoms with van der Waals surface area (Å²) in [5, 5.41) is 1.83. The van der Waals surface area contributed by atoms with Crippen LogP contribution in [0.2, 0.25) is 0 Å². The summed E-state index contributed by atoms with van der Waals surface area (Å²) < 4.78 is 0. The van der Waals surface area contributed by atoms with Crippen LogP contribution in [0, 0.1) is 12.8 Å². The van der Waals surface area contributed by atoms with Crippen LogP contribution in [-0.2, 0) is 6.42 Å². The Bertz CT molecular complexity index is 594. The normalized spacial score (nSPS) is 18.7. The number of piperidine rings is 1. The summed E-state index contributed by atoms with van der Waals surface area (Å²) in [4.78, 5) is 22.8. The molecule has 4 nitrogen and oxygen atoms in total. The van der Waals surface area contributed by atoms with E-state index in [-0.39, 0.29) is 5.91 Å². The summed E-state index contributed by atoms with van der Waals surface area (Å²) in [6.07, 6.45) is 5.19. The number of carbonyl (C=O) groups excluding carboxylic acids is 1. The summed E-state index contributed by atoms with van der Waals surface area (Å²) >= 11 is 1.47. The molecule has 1 fully saturated rings. The fourth-order valence-electron chi connectivity index (χ4n) is 2.85. The number of rotatable bonds is 3. The Morgan fingerprint density at radius 3 is 3.05 bits per heavy atom. The molecule has 0 aliphatic carbocycles. The highest BCUT2D eigenvalue weighted by Crippen LogP contribution is 2.22. The van der Waals surface area contributed by atoms with Crippen molar-refractivity contribution in [2.75, 3.05) is 13.1 Å². The summed E-state index contributed by atoms with van der Waals surface area (Å²) in [5.41, 5.74) is 4.60. The molecule has 0 aromatic carbocycles. The molecule has 2 aromatic rings. The first-order chi connectivity index (χ1) is 10.2. The van der Waals surface area contributed by atoms with Gasteiger partial charge in [-0.15, -0.1) is 11.3 Å². The Kier molecular flexibility index (Phi) is 4.29. The Balaban J connectivity index is 1.63. The number of nitrogens with zero attached hydrogens (tertiary/aromatic N) is 3. The Hall–Kier alpha value is -1.75. The molecule has 2 aromatic heterocycles. The molecular formula is C16H19N3OS. The van der Waals surface area contributed by atoms with Crippen molar-refractivity contribution in [2.45, 2.75) is 26.2 Å². The molecule has 5 heteroatoms. The van der Waals surface area contributed by atoms with Crippen LogP contribution in [-0.4, -0.2) is 33.9 Å². The second-order valence-electron chi connectivity index (χ2n) is 5.65. The minimum atomic E-state index is 0.0722. The number of aryl methyl sites for hydroxylation is 1. The van der Waals surface area contributed by atoms with Crippen molar-refractivity contribution in [1.82, 2.24) is 14.9 Å².